The minimum atomic E-state index is 0.814. The van der Waals surface area contributed by atoms with Crippen LogP contribution >= 0.6 is 0 Å². The fraction of sp³-hybridized carbons (Fsp3) is 0.0769. The van der Waals surface area contributed by atoms with Crippen LogP contribution in [0.3, 0.4) is 0 Å². The number of furan rings is 1. The largest absolute Gasteiger partial charge is 0.456 e. The molecule has 3 aromatic rings. The molecule has 15 heavy (non-hydrogen) atoms. The Bertz CT molecular complexity index is 652. The maximum atomic E-state index is 5.89. The smallest absolute Gasteiger partial charge is 0.135 e. The number of hydrogen-bond acceptors (Lipinski definition) is 2. The lowest BCUT2D eigenvalue weighted by molar-refractivity contribution is 0.669. The van der Waals surface area contributed by atoms with Gasteiger partial charge in [-0.3, -0.25) is 0 Å². The van der Waals surface area contributed by atoms with E-state index in [1.807, 2.05) is 37.3 Å². The van der Waals surface area contributed by atoms with Crippen molar-refractivity contribution in [2.45, 2.75) is 6.92 Å². The third-order valence-corrected chi connectivity index (χ3v) is 2.84. The minimum Gasteiger partial charge on any atom is -0.456 e. The molecule has 1 aromatic heterocycles. The van der Waals surface area contributed by atoms with Crippen molar-refractivity contribution in [1.29, 1.82) is 0 Å². The summed E-state index contributed by atoms with van der Waals surface area (Å²) in [7, 11) is 0. The third kappa shape index (κ3) is 1.05. The van der Waals surface area contributed by atoms with Crippen LogP contribution in [0.4, 0.5) is 5.69 Å². The van der Waals surface area contributed by atoms with Gasteiger partial charge in [0.05, 0.1) is 0 Å². The molecule has 0 saturated carbocycles. The van der Waals surface area contributed by atoms with Crippen molar-refractivity contribution >= 4 is 27.6 Å². The summed E-state index contributed by atoms with van der Waals surface area (Å²) in [6.07, 6.45) is 0. The van der Waals surface area contributed by atoms with Gasteiger partial charge in [-0.2, -0.15) is 0 Å². The monoisotopic (exact) mass is 197 g/mol. The van der Waals surface area contributed by atoms with Gasteiger partial charge in [-0.05, 0) is 30.7 Å². The molecule has 0 spiro atoms. The summed E-state index contributed by atoms with van der Waals surface area (Å²) >= 11 is 0. The molecular formula is C13H11NO. The van der Waals surface area contributed by atoms with E-state index in [9.17, 15) is 0 Å². The molecule has 0 aliphatic carbocycles. The number of nitrogen functional groups attached to an aromatic ring is 1. The molecule has 0 amide bonds. The molecule has 2 N–H and O–H groups in total. The van der Waals surface area contributed by atoms with Crippen molar-refractivity contribution in [1.82, 2.24) is 0 Å². The van der Waals surface area contributed by atoms with Crippen LogP contribution in [0, 0.1) is 6.92 Å². The summed E-state index contributed by atoms with van der Waals surface area (Å²) in [4.78, 5) is 0. The fourth-order valence-corrected chi connectivity index (χ4v) is 2.00. The average Bonchev–Trinajstić information content (AvgIpc) is 2.62. The number of aryl methyl sites for hydroxylation is 1. The second-order valence-corrected chi connectivity index (χ2v) is 3.75. The second-order valence-electron chi connectivity index (χ2n) is 3.75. The van der Waals surface area contributed by atoms with E-state index in [0.717, 1.165) is 33.2 Å². The van der Waals surface area contributed by atoms with Gasteiger partial charge in [0.2, 0.25) is 0 Å². The molecule has 0 unspecified atom stereocenters. The highest BCUT2D eigenvalue weighted by atomic mass is 16.3. The molecule has 0 fully saturated rings. The topological polar surface area (TPSA) is 39.2 Å². The van der Waals surface area contributed by atoms with Crippen LogP contribution in [-0.4, -0.2) is 0 Å². The summed E-state index contributed by atoms with van der Waals surface area (Å²) in [6.45, 7) is 2.03. The van der Waals surface area contributed by atoms with E-state index in [-0.39, 0.29) is 0 Å². The van der Waals surface area contributed by atoms with Gasteiger partial charge in [0.25, 0.3) is 0 Å². The van der Waals surface area contributed by atoms with Crippen molar-refractivity contribution in [2.24, 2.45) is 0 Å². The zero-order chi connectivity index (χ0) is 10.4. The number of nitrogens with two attached hydrogens (primary N) is 1. The van der Waals surface area contributed by atoms with Gasteiger partial charge in [0.15, 0.2) is 0 Å². The Labute approximate surface area is 87.3 Å². The van der Waals surface area contributed by atoms with Crippen LogP contribution in [0.2, 0.25) is 0 Å². The summed E-state index contributed by atoms with van der Waals surface area (Å²) in [5.74, 6) is 0. The molecule has 0 atom stereocenters. The Morgan fingerprint density at radius 3 is 2.67 bits per heavy atom. The van der Waals surface area contributed by atoms with Crippen LogP contribution in [0.1, 0.15) is 5.56 Å². The van der Waals surface area contributed by atoms with Crippen LogP contribution in [-0.2, 0) is 0 Å². The number of fused-ring (bicyclic) bond motifs is 3. The lowest BCUT2D eigenvalue weighted by Gasteiger charge is -1.99. The molecule has 2 nitrogen and oxygen atoms in total. The molecule has 1 heterocycles. The van der Waals surface area contributed by atoms with Crippen molar-refractivity contribution in [2.75, 3.05) is 5.73 Å². The first kappa shape index (κ1) is 8.36. The van der Waals surface area contributed by atoms with Crippen LogP contribution in [0.5, 0.6) is 0 Å². The Morgan fingerprint density at radius 1 is 1.00 bits per heavy atom. The van der Waals surface area contributed by atoms with E-state index in [0.29, 0.717) is 0 Å². The first-order valence-electron chi connectivity index (χ1n) is 4.93. The number of benzene rings is 2. The van der Waals surface area contributed by atoms with E-state index < -0.39 is 0 Å². The highest BCUT2D eigenvalue weighted by Crippen LogP contribution is 2.33. The van der Waals surface area contributed by atoms with Crippen molar-refractivity contribution in [3.63, 3.8) is 0 Å². The first-order chi connectivity index (χ1) is 7.27. The van der Waals surface area contributed by atoms with Crippen molar-refractivity contribution in [3.8, 4) is 0 Å². The Hall–Kier alpha value is -1.96. The maximum absolute atomic E-state index is 5.89. The van der Waals surface area contributed by atoms with E-state index in [4.69, 9.17) is 10.2 Å². The molecule has 0 saturated heterocycles. The summed E-state index contributed by atoms with van der Waals surface area (Å²) in [5.41, 5.74) is 9.63. The number of anilines is 1. The molecule has 0 aliphatic rings. The highest BCUT2D eigenvalue weighted by molar-refractivity contribution is 6.08. The second kappa shape index (κ2) is 2.76. The molecule has 2 aromatic carbocycles. The van der Waals surface area contributed by atoms with Crippen molar-refractivity contribution in [3.05, 3.63) is 42.0 Å². The highest BCUT2D eigenvalue weighted by Gasteiger charge is 2.09. The van der Waals surface area contributed by atoms with Gasteiger partial charge in [0, 0.05) is 16.5 Å². The van der Waals surface area contributed by atoms with Gasteiger partial charge >= 0.3 is 0 Å². The molecule has 3 rings (SSSR count). The van der Waals surface area contributed by atoms with Gasteiger partial charge in [-0.15, -0.1) is 0 Å². The molecule has 0 aliphatic heterocycles. The summed E-state index contributed by atoms with van der Waals surface area (Å²) < 4.78 is 5.73. The number of hydrogen-bond donors (Lipinski definition) is 1. The van der Waals surface area contributed by atoms with E-state index >= 15 is 0 Å². The molecule has 2 heteroatoms. The normalized spacial score (nSPS) is 11.3. The van der Waals surface area contributed by atoms with Crippen LogP contribution in [0.25, 0.3) is 21.9 Å². The fourth-order valence-electron chi connectivity index (χ4n) is 2.00. The predicted octanol–water partition coefficient (Wildman–Crippen LogP) is 3.48. The van der Waals surface area contributed by atoms with E-state index in [1.54, 1.807) is 0 Å². The van der Waals surface area contributed by atoms with Gasteiger partial charge in [-0.25, -0.2) is 0 Å². The number of rotatable bonds is 0. The predicted molar refractivity (Wildman–Crippen MR) is 62.9 cm³/mol. The third-order valence-electron chi connectivity index (χ3n) is 2.84. The van der Waals surface area contributed by atoms with Crippen LogP contribution in [0.15, 0.2) is 40.8 Å². The lowest BCUT2D eigenvalue weighted by Crippen LogP contribution is -1.88. The Kier molecular flexibility index (Phi) is 1.54. The maximum Gasteiger partial charge on any atom is 0.135 e. The summed E-state index contributed by atoms with van der Waals surface area (Å²) in [6, 6.07) is 11.8. The number of para-hydroxylation sites is 1. The molecule has 0 radical (unpaired) electrons. The zero-order valence-electron chi connectivity index (χ0n) is 8.45. The van der Waals surface area contributed by atoms with E-state index in [2.05, 4.69) is 6.07 Å². The Balaban J connectivity index is 2.63. The molecule has 0 bridgehead atoms. The van der Waals surface area contributed by atoms with E-state index in [1.165, 1.54) is 0 Å². The minimum absolute atomic E-state index is 0.814. The van der Waals surface area contributed by atoms with Crippen molar-refractivity contribution < 1.29 is 4.42 Å². The SMILES string of the molecule is Cc1c(N)ccc2oc3ccccc3c12. The molecule has 74 valence electrons. The standard InChI is InChI=1S/C13H11NO/c1-8-10(14)6-7-12-13(8)9-4-2-3-5-11(9)15-12/h2-7H,14H2,1H3. The Morgan fingerprint density at radius 2 is 1.80 bits per heavy atom. The zero-order valence-corrected chi connectivity index (χ0v) is 8.45. The van der Waals surface area contributed by atoms with Gasteiger partial charge in [-0.1, -0.05) is 18.2 Å². The van der Waals surface area contributed by atoms with Gasteiger partial charge in [0.1, 0.15) is 11.2 Å². The summed E-state index contributed by atoms with van der Waals surface area (Å²) in [5, 5.41) is 2.27. The average molecular weight is 197 g/mol. The molecular weight excluding hydrogens is 186 g/mol. The lowest BCUT2D eigenvalue weighted by atomic mass is 10.1. The first-order valence-corrected chi connectivity index (χ1v) is 4.93. The van der Waals surface area contributed by atoms with Crippen LogP contribution < -0.4 is 5.73 Å². The quantitative estimate of drug-likeness (QED) is 0.560. The van der Waals surface area contributed by atoms with Gasteiger partial charge < -0.3 is 10.2 Å².